The zero-order valence-corrected chi connectivity index (χ0v) is 9.98. The normalized spacial score (nSPS) is 10.9. The van der Waals surface area contributed by atoms with Crippen molar-refractivity contribution in [2.24, 2.45) is 0 Å². The topological polar surface area (TPSA) is 72.3 Å². The van der Waals surface area contributed by atoms with Crippen molar-refractivity contribution in [2.75, 3.05) is 5.73 Å². The third-order valence-electron chi connectivity index (χ3n) is 2.81. The first-order chi connectivity index (χ1) is 8.65. The van der Waals surface area contributed by atoms with Gasteiger partial charge in [0.1, 0.15) is 5.75 Å². The first kappa shape index (κ1) is 10.9. The molecule has 2 aromatic carbocycles. The van der Waals surface area contributed by atoms with Gasteiger partial charge in [-0.1, -0.05) is 22.8 Å². The molecule has 3 rings (SSSR count). The van der Waals surface area contributed by atoms with Gasteiger partial charge in [-0.05, 0) is 35.0 Å². The van der Waals surface area contributed by atoms with E-state index in [1.807, 2.05) is 12.1 Å². The molecular weight excluding hydrogens is 252 g/mol. The lowest BCUT2D eigenvalue weighted by molar-refractivity contribution is 0.436. The molecule has 0 saturated carbocycles. The van der Waals surface area contributed by atoms with E-state index in [9.17, 15) is 5.11 Å². The second-order valence-corrected chi connectivity index (χ2v) is 4.40. The number of halogens is 1. The van der Waals surface area contributed by atoms with Crippen LogP contribution in [0.1, 0.15) is 0 Å². The van der Waals surface area contributed by atoms with Crippen LogP contribution in [0.25, 0.3) is 21.9 Å². The van der Waals surface area contributed by atoms with Gasteiger partial charge >= 0.3 is 0 Å². The van der Waals surface area contributed by atoms with Crippen LogP contribution in [0.15, 0.2) is 41.1 Å². The fourth-order valence-electron chi connectivity index (χ4n) is 1.92. The summed E-state index contributed by atoms with van der Waals surface area (Å²) in [5.74, 6) is 0.298. The summed E-state index contributed by atoms with van der Waals surface area (Å²) >= 11 is 5.95. The maximum absolute atomic E-state index is 10.0. The molecule has 4 nitrogen and oxygen atoms in total. The van der Waals surface area contributed by atoms with E-state index in [-0.39, 0.29) is 11.6 Å². The lowest BCUT2D eigenvalue weighted by Crippen LogP contribution is -1.86. The summed E-state index contributed by atoms with van der Waals surface area (Å²) < 4.78 is 4.80. The highest BCUT2D eigenvalue weighted by atomic mass is 35.5. The molecule has 0 saturated heterocycles. The average Bonchev–Trinajstić information content (AvgIpc) is 2.75. The van der Waals surface area contributed by atoms with E-state index >= 15 is 0 Å². The van der Waals surface area contributed by atoms with Gasteiger partial charge in [0.25, 0.3) is 0 Å². The van der Waals surface area contributed by atoms with Crippen molar-refractivity contribution in [3.63, 3.8) is 0 Å². The molecule has 0 bridgehead atoms. The van der Waals surface area contributed by atoms with Gasteiger partial charge in [0, 0.05) is 10.6 Å². The minimum atomic E-state index is 0.125. The Balaban J connectivity index is 2.30. The number of phenolic OH excluding ortho intramolecular Hbond substituents is 1. The van der Waals surface area contributed by atoms with Crippen LogP contribution in [0.5, 0.6) is 5.75 Å². The zero-order chi connectivity index (χ0) is 12.7. The number of hydrogen-bond acceptors (Lipinski definition) is 4. The summed E-state index contributed by atoms with van der Waals surface area (Å²) in [6.07, 6.45) is 1.47. The lowest BCUT2D eigenvalue weighted by Gasteiger charge is -2.06. The second kappa shape index (κ2) is 3.92. The van der Waals surface area contributed by atoms with Crippen LogP contribution in [0, 0.1) is 0 Å². The Bertz CT molecular complexity index is 737. The van der Waals surface area contributed by atoms with Gasteiger partial charge in [0.05, 0.1) is 11.8 Å². The SMILES string of the molecule is Nc1oncc1-c1cc2cc(Cl)ccc2cc1O. The number of nitrogens with two attached hydrogens (primary N) is 1. The number of nitrogens with zero attached hydrogens (tertiary/aromatic N) is 1. The Morgan fingerprint density at radius 3 is 2.67 bits per heavy atom. The number of anilines is 1. The molecule has 3 aromatic rings. The van der Waals surface area contributed by atoms with Crippen molar-refractivity contribution < 1.29 is 9.63 Å². The Kier molecular flexibility index (Phi) is 2.38. The number of aromatic hydroxyl groups is 1. The number of phenols is 1. The highest BCUT2D eigenvalue weighted by Crippen LogP contribution is 2.36. The number of aromatic nitrogens is 1. The first-order valence-corrected chi connectivity index (χ1v) is 5.66. The fraction of sp³-hybridized carbons (Fsp3) is 0. The minimum Gasteiger partial charge on any atom is -0.507 e. The van der Waals surface area contributed by atoms with Crippen LogP contribution in [0.4, 0.5) is 5.88 Å². The first-order valence-electron chi connectivity index (χ1n) is 5.28. The maximum Gasteiger partial charge on any atom is 0.230 e. The van der Waals surface area contributed by atoms with Gasteiger partial charge in [0.2, 0.25) is 5.88 Å². The van der Waals surface area contributed by atoms with Crippen LogP contribution in [-0.2, 0) is 0 Å². The van der Waals surface area contributed by atoms with E-state index in [0.29, 0.717) is 16.1 Å². The third kappa shape index (κ3) is 1.67. The van der Waals surface area contributed by atoms with Crippen LogP contribution in [0.2, 0.25) is 5.02 Å². The molecule has 1 aromatic heterocycles. The summed E-state index contributed by atoms with van der Waals surface area (Å²) in [5.41, 5.74) is 6.79. The molecule has 0 aliphatic carbocycles. The summed E-state index contributed by atoms with van der Waals surface area (Å²) in [7, 11) is 0. The molecule has 90 valence electrons. The van der Waals surface area contributed by atoms with E-state index < -0.39 is 0 Å². The molecule has 0 spiro atoms. The summed E-state index contributed by atoms with van der Waals surface area (Å²) in [5, 5.41) is 16.1. The summed E-state index contributed by atoms with van der Waals surface area (Å²) in [4.78, 5) is 0. The number of fused-ring (bicyclic) bond motifs is 1. The molecule has 0 aliphatic rings. The van der Waals surface area contributed by atoms with Gasteiger partial charge in [-0.15, -0.1) is 0 Å². The van der Waals surface area contributed by atoms with E-state index in [1.165, 1.54) is 6.20 Å². The molecule has 5 heteroatoms. The zero-order valence-electron chi connectivity index (χ0n) is 9.22. The molecular formula is C13H9ClN2O2. The van der Waals surface area contributed by atoms with Gasteiger partial charge in [-0.2, -0.15) is 0 Å². The molecule has 0 aliphatic heterocycles. The van der Waals surface area contributed by atoms with Gasteiger partial charge in [-0.25, -0.2) is 0 Å². The van der Waals surface area contributed by atoms with Gasteiger partial charge in [-0.3, -0.25) is 0 Å². The monoisotopic (exact) mass is 260 g/mol. The van der Waals surface area contributed by atoms with E-state index in [1.54, 1.807) is 18.2 Å². The lowest BCUT2D eigenvalue weighted by atomic mass is 10.0. The Morgan fingerprint density at radius 2 is 1.94 bits per heavy atom. The fourth-order valence-corrected chi connectivity index (χ4v) is 2.10. The summed E-state index contributed by atoms with van der Waals surface area (Å²) in [6, 6.07) is 8.91. The van der Waals surface area contributed by atoms with Crippen LogP contribution >= 0.6 is 11.6 Å². The van der Waals surface area contributed by atoms with Crippen LogP contribution in [0.3, 0.4) is 0 Å². The number of rotatable bonds is 1. The minimum absolute atomic E-state index is 0.125. The molecule has 3 N–H and O–H groups in total. The van der Waals surface area contributed by atoms with Crippen molar-refractivity contribution in [2.45, 2.75) is 0 Å². The van der Waals surface area contributed by atoms with E-state index in [2.05, 4.69) is 5.16 Å². The molecule has 0 atom stereocenters. The van der Waals surface area contributed by atoms with Crippen molar-refractivity contribution in [3.05, 3.63) is 41.6 Å². The number of benzene rings is 2. The molecule has 0 fully saturated rings. The van der Waals surface area contributed by atoms with Gasteiger partial charge < -0.3 is 15.4 Å². The van der Waals surface area contributed by atoms with Crippen LogP contribution < -0.4 is 5.73 Å². The largest absolute Gasteiger partial charge is 0.507 e. The highest BCUT2D eigenvalue weighted by molar-refractivity contribution is 6.31. The number of nitrogen functional groups attached to an aromatic ring is 1. The average molecular weight is 261 g/mol. The van der Waals surface area contributed by atoms with Crippen molar-refractivity contribution in [1.29, 1.82) is 0 Å². The quantitative estimate of drug-likeness (QED) is 0.703. The summed E-state index contributed by atoms with van der Waals surface area (Å²) in [6.45, 7) is 0. The van der Waals surface area contributed by atoms with Gasteiger partial charge in [0.15, 0.2) is 0 Å². The molecule has 0 unspecified atom stereocenters. The predicted octanol–water partition coefficient (Wildman–Crippen LogP) is 3.44. The van der Waals surface area contributed by atoms with E-state index in [0.717, 1.165) is 10.8 Å². The highest BCUT2D eigenvalue weighted by Gasteiger charge is 2.12. The number of hydrogen-bond donors (Lipinski definition) is 2. The Labute approximate surface area is 108 Å². The Hall–Kier alpha value is -2.20. The molecule has 1 heterocycles. The third-order valence-corrected chi connectivity index (χ3v) is 3.04. The second-order valence-electron chi connectivity index (χ2n) is 3.96. The smallest absolute Gasteiger partial charge is 0.230 e. The molecule has 18 heavy (non-hydrogen) atoms. The predicted molar refractivity (Wildman–Crippen MR) is 70.5 cm³/mol. The van der Waals surface area contributed by atoms with Crippen LogP contribution in [-0.4, -0.2) is 10.3 Å². The Morgan fingerprint density at radius 1 is 1.11 bits per heavy atom. The van der Waals surface area contributed by atoms with Crippen molar-refractivity contribution >= 4 is 28.3 Å². The van der Waals surface area contributed by atoms with Crippen molar-refractivity contribution in [1.82, 2.24) is 5.16 Å². The van der Waals surface area contributed by atoms with Crippen molar-refractivity contribution in [3.8, 4) is 16.9 Å². The maximum atomic E-state index is 10.0. The standard InChI is InChI=1S/C13H9ClN2O2/c14-9-2-1-7-5-12(17)10(4-8(7)3-9)11-6-16-18-13(11)15/h1-6,17H,15H2. The molecule has 0 amide bonds. The van der Waals surface area contributed by atoms with E-state index in [4.69, 9.17) is 21.9 Å². The molecule has 0 radical (unpaired) electrons.